The van der Waals surface area contributed by atoms with Crippen molar-refractivity contribution in [2.75, 3.05) is 13.2 Å². The van der Waals surface area contributed by atoms with Gasteiger partial charge in [0.05, 0.1) is 13.2 Å². The maximum absolute atomic E-state index is 11.3. The van der Waals surface area contributed by atoms with Crippen LogP contribution in [0.4, 0.5) is 0 Å². The highest BCUT2D eigenvalue weighted by atomic mass is 16.5. The fraction of sp³-hybridized carbons (Fsp3) is 0.846. The lowest BCUT2D eigenvalue weighted by Crippen LogP contribution is -2.09. The van der Waals surface area contributed by atoms with E-state index in [1.165, 1.54) is 0 Å². The van der Waals surface area contributed by atoms with Gasteiger partial charge in [0.2, 0.25) is 0 Å². The first-order valence-corrected chi connectivity index (χ1v) is 6.60. The first-order valence-electron chi connectivity index (χ1n) is 6.60. The van der Waals surface area contributed by atoms with Gasteiger partial charge in [0.15, 0.2) is 0 Å². The average Bonchev–Trinajstić information content (AvgIpc) is 2.31. The molecule has 0 aromatic carbocycles. The summed E-state index contributed by atoms with van der Waals surface area (Å²) in [6.07, 6.45) is 7.57. The van der Waals surface area contributed by atoms with E-state index in [0.29, 0.717) is 32.5 Å². The van der Waals surface area contributed by atoms with E-state index < -0.39 is 0 Å². The van der Waals surface area contributed by atoms with Gasteiger partial charge in [0.1, 0.15) is 0 Å². The Balaban J connectivity index is 2.24. The monoisotopic (exact) mass is 242 g/mol. The van der Waals surface area contributed by atoms with E-state index in [-0.39, 0.29) is 11.9 Å². The van der Waals surface area contributed by atoms with Gasteiger partial charge < -0.3 is 9.47 Å². The zero-order chi connectivity index (χ0) is 12.3. The van der Waals surface area contributed by atoms with Gasteiger partial charge >= 0.3 is 11.9 Å². The maximum atomic E-state index is 11.3. The minimum atomic E-state index is -0.201. The number of rotatable bonds is 0. The van der Waals surface area contributed by atoms with E-state index >= 15 is 0 Å². The second kappa shape index (κ2) is 9.02. The Morgan fingerprint density at radius 2 is 1.00 bits per heavy atom. The number of esters is 2. The molecule has 1 saturated heterocycles. The molecule has 17 heavy (non-hydrogen) atoms. The van der Waals surface area contributed by atoms with Crippen molar-refractivity contribution in [1.29, 1.82) is 0 Å². The number of carbonyl (C=O) groups excluding carboxylic acids is 2. The summed E-state index contributed by atoms with van der Waals surface area (Å²) < 4.78 is 10.1. The van der Waals surface area contributed by atoms with Gasteiger partial charge in [-0.05, 0) is 19.3 Å². The topological polar surface area (TPSA) is 52.6 Å². The van der Waals surface area contributed by atoms with Crippen molar-refractivity contribution >= 4 is 11.9 Å². The molecule has 0 amide bonds. The van der Waals surface area contributed by atoms with Crippen molar-refractivity contribution in [3.63, 3.8) is 0 Å². The summed E-state index contributed by atoms with van der Waals surface area (Å²) in [5.74, 6) is -0.402. The highest BCUT2D eigenvalue weighted by molar-refractivity contribution is 5.72. The van der Waals surface area contributed by atoms with E-state index in [4.69, 9.17) is 9.47 Å². The number of carbonyl (C=O) groups is 2. The summed E-state index contributed by atoms with van der Waals surface area (Å²) in [5.41, 5.74) is 0. The quantitative estimate of drug-likeness (QED) is 0.613. The third-order valence-corrected chi connectivity index (χ3v) is 2.83. The van der Waals surface area contributed by atoms with Crippen LogP contribution in [-0.2, 0) is 19.1 Å². The van der Waals surface area contributed by atoms with Crippen LogP contribution in [0.3, 0.4) is 0 Å². The Bertz CT molecular complexity index is 214. The maximum Gasteiger partial charge on any atom is 0.305 e. The SMILES string of the molecule is O=C1CCCC(=O)OCCCCCCCCO1. The summed E-state index contributed by atoms with van der Waals surface area (Å²) in [6.45, 7) is 1.03. The number of ether oxygens (including phenoxy) is 2. The van der Waals surface area contributed by atoms with E-state index in [9.17, 15) is 9.59 Å². The summed E-state index contributed by atoms with van der Waals surface area (Å²) in [4.78, 5) is 22.5. The van der Waals surface area contributed by atoms with E-state index in [1.807, 2.05) is 0 Å². The fourth-order valence-electron chi connectivity index (χ4n) is 1.80. The van der Waals surface area contributed by atoms with Crippen molar-refractivity contribution in [2.24, 2.45) is 0 Å². The molecule has 1 aliphatic heterocycles. The summed E-state index contributed by atoms with van der Waals surface area (Å²) in [6, 6.07) is 0. The second-order valence-electron chi connectivity index (χ2n) is 4.42. The van der Waals surface area contributed by atoms with Crippen molar-refractivity contribution < 1.29 is 19.1 Å². The highest BCUT2D eigenvalue weighted by Crippen LogP contribution is 2.08. The van der Waals surface area contributed by atoms with Crippen LogP contribution in [0.2, 0.25) is 0 Å². The van der Waals surface area contributed by atoms with Gasteiger partial charge in [0, 0.05) is 12.8 Å². The lowest BCUT2D eigenvalue weighted by atomic mass is 10.1. The van der Waals surface area contributed by atoms with Crippen LogP contribution in [0, 0.1) is 0 Å². The van der Waals surface area contributed by atoms with Crippen LogP contribution in [0.15, 0.2) is 0 Å². The lowest BCUT2D eigenvalue weighted by molar-refractivity contribution is -0.145. The molecule has 0 saturated carbocycles. The molecule has 98 valence electrons. The van der Waals surface area contributed by atoms with Crippen molar-refractivity contribution in [3.8, 4) is 0 Å². The minimum absolute atomic E-state index is 0.201. The van der Waals surface area contributed by atoms with Crippen LogP contribution in [0.1, 0.15) is 57.8 Å². The molecule has 4 nitrogen and oxygen atoms in total. The Labute approximate surface area is 103 Å². The van der Waals surface area contributed by atoms with Gasteiger partial charge in [0.25, 0.3) is 0 Å². The smallest absolute Gasteiger partial charge is 0.305 e. The second-order valence-corrected chi connectivity index (χ2v) is 4.42. The predicted molar refractivity (Wildman–Crippen MR) is 63.5 cm³/mol. The fourth-order valence-corrected chi connectivity index (χ4v) is 1.80. The molecular weight excluding hydrogens is 220 g/mol. The van der Waals surface area contributed by atoms with Gasteiger partial charge in [-0.25, -0.2) is 0 Å². The normalized spacial score (nSPS) is 21.9. The van der Waals surface area contributed by atoms with Gasteiger partial charge in [-0.1, -0.05) is 25.7 Å². The van der Waals surface area contributed by atoms with Crippen LogP contribution in [0.25, 0.3) is 0 Å². The first kappa shape index (κ1) is 14.0. The molecule has 0 aromatic rings. The zero-order valence-electron chi connectivity index (χ0n) is 10.4. The molecule has 1 aliphatic rings. The molecule has 0 aromatic heterocycles. The van der Waals surface area contributed by atoms with Gasteiger partial charge in [-0.2, -0.15) is 0 Å². The van der Waals surface area contributed by atoms with E-state index in [2.05, 4.69) is 0 Å². The van der Waals surface area contributed by atoms with Gasteiger partial charge in [-0.15, -0.1) is 0 Å². The van der Waals surface area contributed by atoms with Crippen molar-refractivity contribution in [3.05, 3.63) is 0 Å². The minimum Gasteiger partial charge on any atom is -0.466 e. The predicted octanol–water partition coefficient (Wildman–Crippen LogP) is 2.60. The average molecular weight is 242 g/mol. The molecule has 1 fully saturated rings. The molecule has 0 atom stereocenters. The van der Waals surface area contributed by atoms with Crippen LogP contribution in [0.5, 0.6) is 0 Å². The first-order chi connectivity index (χ1) is 8.29. The molecule has 1 rings (SSSR count). The summed E-state index contributed by atoms with van der Waals surface area (Å²) in [7, 11) is 0. The standard InChI is InChI=1S/C13H22O4/c14-12-8-7-9-13(15)17-11-6-4-2-1-3-5-10-16-12/h1-11H2. The molecule has 0 bridgehead atoms. The molecule has 0 unspecified atom stereocenters. The molecule has 0 radical (unpaired) electrons. The Morgan fingerprint density at radius 3 is 1.47 bits per heavy atom. The Morgan fingerprint density at radius 1 is 0.588 bits per heavy atom. The Hall–Kier alpha value is -1.06. The van der Waals surface area contributed by atoms with Crippen molar-refractivity contribution in [1.82, 2.24) is 0 Å². The third-order valence-electron chi connectivity index (χ3n) is 2.83. The number of cyclic esters (lactones) is 2. The molecule has 0 aliphatic carbocycles. The molecule has 4 heteroatoms. The highest BCUT2D eigenvalue weighted by Gasteiger charge is 2.07. The molecule has 0 spiro atoms. The molecule has 1 heterocycles. The lowest BCUT2D eigenvalue weighted by Gasteiger charge is -2.04. The Kier molecular flexibility index (Phi) is 7.43. The largest absolute Gasteiger partial charge is 0.466 e. The molecule has 0 N–H and O–H groups in total. The van der Waals surface area contributed by atoms with Crippen LogP contribution < -0.4 is 0 Å². The molecular formula is C13H22O4. The van der Waals surface area contributed by atoms with E-state index in [0.717, 1.165) is 38.5 Å². The van der Waals surface area contributed by atoms with Crippen LogP contribution >= 0.6 is 0 Å². The zero-order valence-corrected chi connectivity index (χ0v) is 10.4. The third kappa shape index (κ3) is 7.77. The number of hydrogen-bond donors (Lipinski definition) is 0. The van der Waals surface area contributed by atoms with Crippen molar-refractivity contribution in [2.45, 2.75) is 57.8 Å². The summed E-state index contributed by atoms with van der Waals surface area (Å²) in [5, 5.41) is 0. The van der Waals surface area contributed by atoms with Crippen LogP contribution in [-0.4, -0.2) is 25.2 Å². The van der Waals surface area contributed by atoms with E-state index in [1.54, 1.807) is 0 Å². The number of hydrogen-bond acceptors (Lipinski definition) is 4. The van der Waals surface area contributed by atoms with Gasteiger partial charge in [-0.3, -0.25) is 9.59 Å². The summed E-state index contributed by atoms with van der Waals surface area (Å²) >= 11 is 0.